The maximum absolute atomic E-state index is 12.0. The van der Waals surface area contributed by atoms with E-state index in [2.05, 4.69) is 10.1 Å². The van der Waals surface area contributed by atoms with Gasteiger partial charge in [0.05, 0.1) is 12.0 Å². The highest BCUT2D eigenvalue weighted by Gasteiger charge is 2.13. The van der Waals surface area contributed by atoms with E-state index in [1.165, 1.54) is 12.7 Å². The van der Waals surface area contributed by atoms with Gasteiger partial charge in [0.15, 0.2) is 0 Å². The number of amides is 1. The summed E-state index contributed by atoms with van der Waals surface area (Å²) < 4.78 is 4.61. The van der Waals surface area contributed by atoms with Gasteiger partial charge in [-0.05, 0) is 24.6 Å². The molecule has 0 bridgehead atoms. The second-order valence-electron chi connectivity index (χ2n) is 4.32. The van der Waals surface area contributed by atoms with Gasteiger partial charge >= 0.3 is 5.97 Å². The van der Waals surface area contributed by atoms with E-state index in [1.54, 1.807) is 12.1 Å². The number of rotatable bonds is 4. The topological polar surface area (TPSA) is 55.4 Å². The molecule has 1 amide bonds. The monoisotopic (exact) mass is 289 g/mol. The zero-order valence-electron chi connectivity index (χ0n) is 11.3. The van der Waals surface area contributed by atoms with Crippen molar-refractivity contribution in [3.63, 3.8) is 0 Å². The van der Waals surface area contributed by atoms with Crippen LogP contribution in [0.2, 0.25) is 0 Å². The number of nitrogens with one attached hydrogen (secondary N) is 1. The number of hydrogen-bond acceptors (Lipinski definition) is 4. The minimum Gasteiger partial charge on any atom is -0.465 e. The van der Waals surface area contributed by atoms with Crippen LogP contribution in [0.3, 0.4) is 0 Å². The number of benzene rings is 1. The van der Waals surface area contributed by atoms with Crippen LogP contribution in [-0.4, -0.2) is 19.0 Å². The number of ether oxygens (including phenoxy) is 1. The molecule has 0 aliphatic carbocycles. The molecule has 1 N–H and O–H groups in total. The number of methoxy groups -OCH3 is 1. The van der Waals surface area contributed by atoms with Gasteiger partial charge in [-0.3, -0.25) is 4.79 Å². The first-order chi connectivity index (χ1) is 9.60. The van der Waals surface area contributed by atoms with Crippen LogP contribution >= 0.6 is 11.3 Å². The highest BCUT2D eigenvalue weighted by molar-refractivity contribution is 7.15. The first-order valence-electron chi connectivity index (χ1n) is 6.12. The highest BCUT2D eigenvalue weighted by atomic mass is 32.1. The third-order valence-corrected chi connectivity index (χ3v) is 3.85. The Balaban J connectivity index is 1.96. The van der Waals surface area contributed by atoms with Crippen LogP contribution in [-0.2, 0) is 11.3 Å². The van der Waals surface area contributed by atoms with Gasteiger partial charge in [0.1, 0.15) is 4.88 Å². The number of esters is 1. The lowest BCUT2D eigenvalue weighted by atomic mass is 10.1. The standard InChI is InChI=1S/C15H15NO3S/c1-10-3-5-11(6-4-10)9-16-14(17)12-7-8-13(20-12)15(18)19-2/h3-8H,9H2,1-2H3,(H,16,17). The van der Waals surface area contributed by atoms with Crippen molar-refractivity contribution < 1.29 is 14.3 Å². The van der Waals surface area contributed by atoms with Gasteiger partial charge in [-0.1, -0.05) is 29.8 Å². The lowest BCUT2D eigenvalue weighted by molar-refractivity contribution is 0.0606. The molecule has 0 unspecified atom stereocenters. The van der Waals surface area contributed by atoms with Gasteiger partial charge in [0.25, 0.3) is 5.91 Å². The van der Waals surface area contributed by atoms with E-state index in [0.29, 0.717) is 16.3 Å². The second kappa shape index (κ2) is 6.34. The maximum atomic E-state index is 12.0. The fraction of sp³-hybridized carbons (Fsp3) is 0.200. The van der Waals surface area contributed by atoms with Gasteiger partial charge in [-0.25, -0.2) is 4.79 Å². The average molecular weight is 289 g/mol. The molecule has 1 aromatic heterocycles. The Hall–Kier alpha value is -2.14. The zero-order chi connectivity index (χ0) is 14.5. The molecule has 2 aromatic rings. The van der Waals surface area contributed by atoms with Crippen molar-refractivity contribution in [2.24, 2.45) is 0 Å². The van der Waals surface area contributed by atoms with E-state index in [-0.39, 0.29) is 5.91 Å². The van der Waals surface area contributed by atoms with E-state index in [4.69, 9.17) is 0 Å². The third-order valence-electron chi connectivity index (χ3n) is 2.79. The molecule has 4 nitrogen and oxygen atoms in total. The summed E-state index contributed by atoms with van der Waals surface area (Å²) in [4.78, 5) is 24.2. The lowest BCUT2D eigenvalue weighted by Gasteiger charge is -2.04. The molecule has 0 saturated heterocycles. The quantitative estimate of drug-likeness (QED) is 0.881. The first kappa shape index (κ1) is 14.3. The molecule has 0 fully saturated rings. The number of carbonyl (C=O) groups excluding carboxylic acids is 2. The van der Waals surface area contributed by atoms with Crippen molar-refractivity contribution >= 4 is 23.2 Å². The smallest absolute Gasteiger partial charge is 0.348 e. The highest BCUT2D eigenvalue weighted by Crippen LogP contribution is 2.17. The average Bonchev–Trinajstić information content (AvgIpc) is 2.95. The third kappa shape index (κ3) is 3.45. The molecule has 0 spiro atoms. The van der Waals surface area contributed by atoms with Crippen molar-refractivity contribution in [2.45, 2.75) is 13.5 Å². The van der Waals surface area contributed by atoms with Crippen LogP contribution < -0.4 is 5.32 Å². The van der Waals surface area contributed by atoms with E-state index in [1.807, 2.05) is 31.2 Å². The summed E-state index contributed by atoms with van der Waals surface area (Å²) >= 11 is 1.12. The fourth-order valence-electron chi connectivity index (χ4n) is 1.65. The number of thiophene rings is 1. The molecule has 0 radical (unpaired) electrons. The Morgan fingerprint density at radius 2 is 1.75 bits per heavy atom. The van der Waals surface area contributed by atoms with Crippen molar-refractivity contribution in [2.75, 3.05) is 7.11 Å². The Labute approximate surface area is 121 Å². The van der Waals surface area contributed by atoms with Crippen LogP contribution in [0.15, 0.2) is 36.4 Å². The molecule has 0 saturated carbocycles. The number of carbonyl (C=O) groups is 2. The van der Waals surface area contributed by atoms with Crippen LogP contribution in [0.4, 0.5) is 0 Å². The molecule has 0 aliphatic rings. The first-order valence-corrected chi connectivity index (χ1v) is 6.93. The molecule has 5 heteroatoms. The zero-order valence-corrected chi connectivity index (χ0v) is 12.1. The molecule has 1 aromatic carbocycles. The summed E-state index contributed by atoms with van der Waals surface area (Å²) in [5.41, 5.74) is 2.22. The Morgan fingerprint density at radius 3 is 2.40 bits per heavy atom. The maximum Gasteiger partial charge on any atom is 0.348 e. The predicted molar refractivity (Wildman–Crippen MR) is 78.0 cm³/mol. The van der Waals surface area contributed by atoms with Crippen LogP contribution in [0.5, 0.6) is 0 Å². The normalized spacial score (nSPS) is 10.1. The Morgan fingerprint density at radius 1 is 1.10 bits per heavy atom. The molecular weight excluding hydrogens is 274 g/mol. The Bertz CT molecular complexity index is 616. The molecule has 104 valence electrons. The van der Waals surface area contributed by atoms with Gasteiger partial charge in [-0.15, -0.1) is 11.3 Å². The molecule has 0 atom stereocenters. The molecule has 0 aliphatic heterocycles. The SMILES string of the molecule is COC(=O)c1ccc(C(=O)NCc2ccc(C)cc2)s1. The van der Waals surface area contributed by atoms with Crippen LogP contribution in [0, 0.1) is 6.92 Å². The minimum atomic E-state index is -0.424. The number of aryl methyl sites for hydroxylation is 1. The fourth-order valence-corrected chi connectivity index (χ4v) is 2.49. The van der Waals surface area contributed by atoms with Gasteiger partial charge in [-0.2, -0.15) is 0 Å². The van der Waals surface area contributed by atoms with E-state index in [0.717, 1.165) is 16.9 Å². The van der Waals surface area contributed by atoms with Crippen LogP contribution in [0.25, 0.3) is 0 Å². The summed E-state index contributed by atoms with van der Waals surface area (Å²) in [6, 6.07) is 11.2. The molecule has 1 heterocycles. The van der Waals surface area contributed by atoms with Gasteiger partial charge < -0.3 is 10.1 Å². The number of hydrogen-bond donors (Lipinski definition) is 1. The molecule has 2 rings (SSSR count). The minimum absolute atomic E-state index is 0.189. The van der Waals surface area contributed by atoms with E-state index in [9.17, 15) is 9.59 Å². The second-order valence-corrected chi connectivity index (χ2v) is 5.41. The Kier molecular flexibility index (Phi) is 4.53. The van der Waals surface area contributed by atoms with Crippen molar-refractivity contribution in [3.05, 3.63) is 57.3 Å². The predicted octanol–water partition coefficient (Wildman–Crippen LogP) is 2.77. The summed E-state index contributed by atoms with van der Waals surface area (Å²) in [6.07, 6.45) is 0. The largest absolute Gasteiger partial charge is 0.465 e. The van der Waals surface area contributed by atoms with E-state index < -0.39 is 5.97 Å². The molecular formula is C15H15NO3S. The summed E-state index contributed by atoms with van der Waals surface area (Å²) in [5.74, 6) is -0.613. The summed E-state index contributed by atoms with van der Waals surface area (Å²) in [7, 11) is 1.32. The summed E-state index contributed by atoms with van der Waals surface area (Å²) in [5, 5.41) is 2.82. The van der Waals surface area contributed by atoms with Crippen molar-refractivity contribution in [1.82, 2.24) is 5.32 Å². The van der Waals surface area contributed by atoms with Crippen molar-refractivity contribution in [3.8, 4) is 0 Å². The molecule has 20 heavy (non-hydrogen) atoms. The van der Waals surface area contributed by atoms with E-state index >= 15 is 0 Å². The van der Waals surface area contributed by atoms with Gasteiger partial charge in [0.2, 0.25) is 0 Å². The van der Waals surface area contributed by atoms with Crippen LogP contribution in [0.1, 0.15) is 30.5 Å². The lowest BCUT2D eigenvalue weighted by Crippen LogP contribution is -2.21. The van der Waals surface area contributed by atoms with Gasteiger partial charge in [0, 0.05) is 6.54 Å². The van der Waals surface area contributed by atoms with Crippen molar-refractivity contribution in [1.29, 1.82) is 0 Å². The summed E-state index contributed by atoms with van der Waals surface area (Å²) in [6.45, 7) is 2.48.